The van der Waals surface area contributed by atoms with Gasteiger partial charge in [0.1, 0.15) is 5.56 Å². The zero-order valence-electron chi connectivity index (χ0n) is 9.30. The van der Waals surface area contributed by atoms with Crippen LogP contribution in [0.5, 0.6) is 0 Å². The molecule has 2 heterocycles. The molecule has 2 N–H and O–H groups in total. The summed E-state index contributed by atoms with van der Waals surface area (Å²) in [7, 11) is 0. The number of anilines is 1. The fourth-order valence-corrected chi connectivity index (χ4v) is 1.41. The van der Waals surface area contributed by atoms with E-state index < -0.39 is 17.3 Å². The molecule has 5 nitrogen and oxygen atoms in total. The van der Waals surface area contributed by atoms with Crippen molar-refractivity contribution in [1.82, 2.24) is 9.97 Å². The van der Waals surface area contributed by atoms with E-state index >= 15 is 0 Å². The Morgan fingerprint density at radius 1 is 1.28 bits per heavy atom. The SMILES string of the molecule is O=C(O)c1ccnc(NCc2ccccn2)c1F. The first-order valence-electron chi connectivity index (χ1n) is 5.20. The minimum atomic E-state index is -1.32. The number of hydrogen-bond donors (Lipinski definition) is 2. The maximum absolute atomic E-state index is 13.7. The fraction of sp³-hybridized carbons (Fsp3) is 0.0833. The van der Waals surface area contributed by atoms with Crippen molar-refractivity contribution < 1.29 is 14.3 Å². The number of carboxylic acids is 1. The highest BCUT2D eigenvalue weighted by atomic mass is 19.1. The summed E-state index contributed by atoms with van der Waals surface area (Å²) in [5.41, 5.74) is 0.299. The molecule has 0 aliphatic rings. The average molecular weight is 247 g/mol. The number of aromatic carboxylic acids is 1. The Balaban J connectivity index is 2.15. The van der Waals surface area contributed by atoms with Gasteiger partial charge < -0.3 is 10.4 Å². The lowest BCUT2D eigenvalue weighted by Gasteiger charge is -2.07. The van der Waals surface area contributed by atoms with Crippen LogP contribution in [0.3, 0.4) is 0 Å². The van der Waals surface area contributed by atoms with Crippen LogP contribution in [0, 0.1) is 5.82 Å². The van der Waals surface area contributed by atoms with Crippen molar-refractivity contribution >= 4 is 11.8 Å². The van der Waals surface area contributed by atoms with E-state index in [1.165, 1.54) is 6.20 Å². The van der Waals surface area contributed by atoms with E-state index in [0.29, 0.717) is 5.69 Å². The number of carboxylic acid groups (broad SMARTS) is 1. The van der Waals surface area contributed by atoms with Gasteiger partial charge in [0.15, 0.2) is 11.6 Å². The van der Waals surface area contributed by atoms with E-state index in [1.54, 1.807) is 18.3 Å². The topological polar surface area (TPSA) is 75.1 Å². The van der Waals surface area contributed by atoms with Gasteiger partial charge in [-0.3, -0.25) is 4.98 Å². The molecule has 2 aromatic heterocycles. The maximum atomic E-state index is 13.7. The van der Waals surface area contributed by atoms with Gasteiger partial charge in [0, 0.05) is 12.4 Å². The second-order valence-corrected chi connectivity index (χ2v) is 3.50. The predicted molar refractivity (Wildman–Crippen MR) is 62.7 cm³/mol. The molecule has 0 saturated carbocycles. The van der Waals surface area contributed by atoms with Crippen molar-refractivity contribution in [3.8, 4) is 0 Å². The van der Waals surface area contributed by atoms with Gasteiger partial charge in [-0.05, 0) is 18.2 Å². The van der Waals surface area contributed by atoms with Crippen molar-refractivity contribution in [1.29, 1.82) is 0 Å². The molecule has 0 fully saturated rings. The lowest BCUT2D eigenvalue weighted by molar-refractivity contribution is 0.0692. The Kier molecular flexibility index (Phi) is 3.47. The molecule has 0 bridgehead atoms. The summed E-state index contributed by atoms with van der Waals surface area (Å²) in [6.45, 7) is 0.272. The lowest BCUT2D eigenvalue weighted by Crippen LogP contribution is -2.09. The summed E-state index contributed by atoms with van der Waals surface area (Å²) in [5.74, 6) is -2.29. The van der Waals surface area contributed by atoms with E-state index in [2.05, 4.69) is 15.3 Å². The first kappa shape index (κ1) is 12.0. The van der Waals surface area contributed by atoms with Crippen LogP contribution in [-0.4, -0.2) is 21.0 Å². The maximum Gasteiger partial charge on any atom is 0.338 e. The molecule has 18 heavy (non-hydrogen) atoms. The molecule has 0 aliphatic carbocycles. The van der Waals surface area contributed by atoms with Crippen LogP contribution in [0.15, 0.2) is 36.7 Å². The molecule has 0 aromatic carbocycles. The zero-order chi connectivity index (χ0) is 13.0. The highest BCUT2D eigenvalue weighted by Crippen LogP contribution is 2.15. The third-order valence-electron chi connectivity index (χ3n) is 2.28. The van der Waals surface area contributed by atoms with Crippen molar-refractivity contribution in [2.75, 3.05) is 5.32 Å². The Labute approximate surface area is 102 Å². The Hall–Kier alpha value is -2.50. The number of nitrogens with one attached hydrogen (secondary N) is 1. The Morgan fingerprint density at radius 3 is 2.78 bits per heavy atom. The summed E-state index contributed by atoms with van der Waals surface area (Å²) in [6.07, 6.45) is 2.86. The van der Waals surface area contributed by atoms with Crippen LogP contribution in [-0.2, 0) is 6.54 Å². The van der Waals surface area contributed by atoms with Gasteiger partial charge in [-0.15, -0.1) is 0 Å². The first-order valence-corrected chi connectivity index (χ1v) is 5.20. The summed E-state index contributed by atoms with van der Waals surface area (Å²) in [4.78, 5) is 18.6. The van der Waals surface area contributed by atoms with E-state index in [4.69, 9.17) is 5.11 Å². The molecule has 0 unspecified atom stereocenters. The lowest BCUT2D eigenvalue weighted by atomic mass is 10.2. The molecule has 92 valence electrons. The fourth-order valence-electron chi connectivity index (χ4n) is 1.41. The van der Waals surface area contributed by atoms with Crippen LogP contribution in [0.2, 0.25) is 0 Å². The van der Waals surface area contributed by atoms with E-state index in [9.17, 15) is 9.18 Å². The van der Waals surface area contributed by atoms with Crippen molar-refractivity contribution in [2.45, 2.75) is 6.54 Å². The Bertz CT molecular complexity index is 561. The van der Waals surface area contributed by atoms with Crippen LogP contribution in [0.4, 0.5) is 10.2 Å². The molecule has 0 radical (unpaired) electrons. The van der Waals surface area contributed by atoms with Crippen LogP contribution >= 0.6 is 0 Å². The average Bonchev–Trinajstić information content (AvgIpc) is 2.38. The van der Waals surface area contributed by atoms with E-state index in [1.807, 2.05) is 6.07 Å². The molecule has 2 aromatic rings. The van der Waals surface area contributed by atoms with Gasteiger partial charge in [-0.25, -0.2) is 14.2 Å². The summed E-state index contributed by atoms with van der Waals surface area (Å²) in [6, 6.07) is 6.46. The summed E-state index contributed by atoms with van der Waals surface area (Å²) >= 11 is 0. The summed E-state index contributed by atoms with van der Waals surface area (Å²) in [5, 5.41) is 11.5. The van der Waals surface area contributed by atoms with Crippen molar-refractivity contribution in [3.05, 3.63) is 53.7 Å². The molecule has 0 spiro atoms. The minimum absolute atomic E-state index is 0.0967. The van der Waals surface area contributed by atoms with Crippen LogP contribution in [0.1, 0.15) is 16.1 Å². The van der Waals surface area contributed by atoms with E-state index in [0.717, 1.165) is 6.07 Å². The molecule has 0 saturated heterocycles. The van der Waals surface area contributed by atoms with Gasteiger partial charge in [0.05, 0.1) is 12.2 Å². The monoisotopic (exact) mass is 247 g/mol. The highest BCUT2D eigenvalue weighted by molar-refractivity contribution is 5.88. The molecular formula is C12H10FN3O2. The predicted octanol–water partition coefficient (Wildman–Crippen LogP) is 1.93. The second kappa shape index (κ2) is 5.22. The van der Waals surface area contributed by atoms with E-state index in [-0.39, 0.29) is 12.4 Å². The van der Waals surface area contributed by atoms with Gasteiger partial charge in [0.25, 0.3) is 0 Å². The number of pyridine rings is 2. The molecule has 6 heteroatoms. The number of aromatic nitrogens is 2. The normalized spacial score (nSPS) is 10.1. The molecule has 0 atom stereocenters. The van der Waals surface area contributed by atoms with Crippen molar-refractivity contribution in [3.63, 3.8) is 0 Å². The third-order valence-corrected chi connectivity index (χ3v) is 2.28. The number of carbonyl (C=O) groups is 1. The van der Waals surface area contributed by atoms with Gasteiger partial charge in [-0.2, -0.15) is 0 Å². The largest absolute Gasteiger partial charge is 0.478 e. The van der Waals surface area contributed by atoms with Crippen LogP contribution < -0.4 is 5.32 Å². The third kappa shape index (κ3) is 2.60. The van der Waals surface area contributed by atoms with Gasteiger partial charge in [-0.1, -0.05) is 6.07 Å². The standard InChI is InChI=1S/C12H10FN3O2/c13-10-9(12(17)18)4-6-15-11(10)16-7-8-3-1-2-5-14-8/h1-6H,7H2,(H,15,16)(H,17,18). The quantitative estimate of drug-likeness (QED) is 0.863. The molecule has 0 aliphatic heterocycles. The first-order chi connectivity index (χ1) is 8.68. The minimum Gasteiger partial charge on any atom is -0.478 e. The number of hydrogen-bond acceptors (Lipinski definition) is 4. The van der Waals surface area contributed by atoms with Gasteiger partial charge >= 0.3 is 5.97 Å². The molecule has 0 amide bonds. The zero-order valence-corrected chi connectivity index (χ0v) is 9.30. The number of rotatable bonds is 4. The number of halogens is 1. The van der Waals surface area contributed by atoms with Crippen molar-refractivity contribution in [2.24, 2.45) is 0 Å². The molecule has 2 rings (SSSR count). The van der Waals surface area contributed by atoms with Gasteiger partial charge in [0.2, 0.25) is 0 Å². The highest BCUT2D eigenvalue weighted by Gasteiger charge is 2.14. The Morgan fingerprint density at radius 2 is 2.11 bits per heavy atom. The smallest absolute Gasteiger partial charge is 0.338 e. The number of nitrogens with zero attached hydrogens (tertiary/aromatic N) is 2. The van der Waals surface area contributed by atoms with Crippen LogP contribution in [0.25, 0.3) is 0 Å². The summed E-state index contributed by atoms with van der Waals surface area (Å²) < 4.78 is 13.7. The second-order valence-electron chi connectivity index (χ2n) is 3.50. The molecular weight excluding hydrogens is 237 g/mol.